The van der Waals surface area contributed by atoms with Gasteiger partial charge in [-0.2, -0.15) is 0 Å². The second-order valence-corrected chi connectivity index (χ2v) is 3.78. The number of nitrogens with two attached hydrogens (primary N) is 2. The average molecular weight is 423 g/mol. The van der Waals surface area contributed by atoms with Gasteiger partial charge in [0.05, 0.1) is 0 Å². The Kier molecular flexibility index (Phi) is 13.4. The molecule has 1 aliphatic carbocycles. The first-order valence-corrected chi connectivity index (χ1v) is 5.19. The quantitative estimate of drug-likeness (QED) is 0.319. The van der Waals surface area contributed by atoms with Crippen LogP contribution in [0, 0.1) is 6.04 Å². The van der Waals surface area contributed by atoms with Crippen LogP contribution < -0.4 is 11.5 Å². The van der Waals surface area contributed by atoms with Crippen LogP contribution >= 0.6 is 0 Å². The van der Waals surface area contributed by atoms with Gasteiger partial charge in [-0.3, -0.25) is 4.55 Å². The molecular weight excluding hydrogens is 407 g/mol. The fraction of sp³-hybridized carbons (Fsp3) is 0.833. The fourth-order valence-electron chi connectivity index (χ4n) is 1.01. The molecule has 0 bridgehead atoms. The molecule has 0 aromatic heterocycles. The second-order valence-electron chi connectivity index (χ2n) is 2.92. The molecule has 1 radical (unpaired) electrons. The molecule has 0 atom stereocenters. The molecule has 0 unspecified atom stereocenters. The summed E-state index contributed by atoms with van der Waals surface area (Å²) in [6, 6.07) is 1.55. The molecule has 0 amide bonds. The Labute approximate surface area is 104 Å². The first-order chi connectivity index (χ1) is 5.79. The smallest absolute Gasteiger partial charge is 0.215 e. The topological polar surface area (TPSA) is 161 Å². The zero-order valence-corrected chi connectivity index (χ0v) is 11.0. The predicted molar refractivity (Wildman–Crippen MR) is 49.8 cm³/mol. The standard InChI is InChI=1S/C6H13N2.H2O4S.H2O.Pt/c7-5-1-2-6(8)4-3-5;1-5(2,3)4;;/h5H,1-4,7-8H2;(H2,1,2,3,4);1H2;/p-1. The summed E-state index contributed by atoms with van der Waals surface area (Å²) in [6.07, 6.45) is 4.26. The van der Waals surface area contributed by atoms with Gasteiger partial charge in [-0.05, 0) is 25.7 Å². The third kappa shape index (κ3) is 20.5. The van der Waals surface area contributed by atoms with E-state index < -0.39 is 10.4 Å². The zero-order chi connectivity index (χ0) is 10.5. The molecule has 0 saturated heterocycles. The maximum Gasteiger partial charge on any atom is 0.215 e. The van der Waals surface area contributed by atoms with E-state index in [0.717, 1.165) is 31.7 Å². The largest absolute Gasteiger partial charge is 0.726 e. The first kappa shape index (κ1) is 20.8. The number of hydrogen-bond acceptors (Lipinski definition) is 5. The molecule has 15 heavy (non-hydrogen) atoms. The first-order valence-electron chi connectivity index (χ1n) is 3.83. The average Bonchev–Trinajstić information content (AvgIpc) is 1.92. The summed E-state index contributed by atoms with van der Waals surface area (Å²) in [6.45, 7) is 0. The van der Waals surface area contributed by atoms with Crippen molar-refractivity contribution < 1.29 is 44.1 Å². The molecule has 9 heteroatoms. The molecule has 7 N–H and O–H groups in total. The maximum absolute atomic E-state index is 8.63. The summed E-state index contributed by atoms with van der Waals surface area (Å²) < 4.78 is 32.8. The van der Waals surface area contributed by atoms with Crippen molar-refractivity contribution in [2.24, 2.45) is 11.5 Å². The molecule has 0 heterocycles. The molecule has 1 rings (SSSR count). The SMILES string of the molecule is N[C]1CCC(N)CC1.O.O=S(=O)([O-])O.[Pt]. The number of hydrogen-bond donors (Lipinski definition) is 3. The van der Waals surface area contributed by atoms with E-state index in [1.165, 1.54) is 0 Å². The summed E-state index contributed by atoms with van der Waals surface area (Å²) >= 11 is 0. The molecule has 1 aliphatic rings. The van der Waals surface area contributed by atoms with Gasteiger partial charge in [0.25, 0.3) is 0 Å². The van der Waals surface area contributed by atoms with Gasteiger partial charge >= 0.3 is 0 Å². The van der Waals surface area contributed by atoms with Crippen LogP contribution in [0.5, 0.6) is 0 Å². The van der Waals surface area contributed by atoms with E-state index >= 15 is 0 Å². The second kappa shape index (κ2) is 9.65. The number of rotatable bonds is 0. The Bertz CT molecular complexity index is 210. The van der Waals surface area contributed by atoms with Gasteiger partial charge in [0, 0.05) is 33.1 Å². The minimum absolute atomic E-state index is 0. The van der Waals surface area contributed by atoms with Crippen molar-refractivity contribution >= 4 is 10.4 Å². The van der Waals surface area contributed by atoms with Crippen molar-refractivity contribution in [3.63, 3.8) is 0 Å². The van der Waals surface area contributed by atoms with E-state index in [2.05, 4.69) is 0 Å². The van der Waals surface area contributed by atoms with Crippen LogP contribution in [-0.4, -0.2) is 29.0 Å². The fourth-order valence-corrected chi connectivity index (χ4v) is 1.01. The van der Waals surface area contributed by atoms with Crippen LogP contribution in [-0.2, 0) is 31.5 Å². The van der Waals surface area contributed by atoms with E-state index in [1.807, 2.05) is 0 Å². The summed E-state index contributed by atoms with van der Waals surface area (Å²) in [5, 5.41) is 0. The van der Waals surface area contributed by atoms with Gasteiger partial charge in [0.2, 0.25) is 10.4 Å². The van der Waals surface area contributed by atoms with Gasteiger partial charge in [0.1, 0.15) is 0 Å². The minimum Gasteiger partial charge on any atom is -0.726 e. The molecular formula is C6H16N2O5PtS-. The minimum atomic E-state index is -4.92. The van der Waals surface area contributed by atoms with E-state index in [9.17, 15) is 0 Å². The molecule has 1 saturated carbocycles. The predicted octanol–water partition coefficient (Wildman–Crippen LogP) is -1.44. The van der Waals surface area contributed by atoms with E-state index in [0.29, 0.717) is 6.04 Å². The summed E-state index contributed by atoms with van der Waals surface area (Å²) in [7, 11) is -4.92. The summed E-state index contributed by atoms with van der Waals surface area (Å²) in [4.78, 5) is 0. The van der Waals surface area contributed by atoms with Crippen LogP contribution in [0.25, 0.3) is 0 Å². The van der Waals surface area contributed by atoms with Crippen LogP contribution in [0.15, 0.2) is 0 Å². The Morgan fingerprint density at radius 2 is 1.60 bits per heavy atom. The molecule has 7 nitrogen and oxygen atoms in total. The van der Waals surface area contributed by atoms with Crippen molar-refractivity contribution in [3.8, 4) is 0 Å². The third-order valence-electron chi connectivity index (χ3n) is 1.67. The van der Waals surface area contributed by atoms with Crippen LogP contribution in [0.2, 0.25) is 0 Å². The summed E-state index contributed by atoms with van der Waals surface area (Å²) in [5.41, 5.74) is 11.2. The van der Waals surface area contributed by atoms with Gasteiger partial charge < -0.3 is 21.5 Å². The van der Waals surface area contributed by atoms with Gasteiger partial charge in [0.15, 0.2) is 0 Å². The Morgan fingerprint density at radius 3 is 1.80 bits per heavy atom. The Hall–Kier alpha value is 0.438. The van der Waals surface area contributed by atoms with E-state index in [-0.39, 0.29) is 26.5 Å². The Balaban J connectivity index is -0.000000185. The van der Waals surface area contributed by atoms with E-state index in [1.54, 1.807) is 0 Å². The normalized spacial score (nSPS) is 17.9. The van der Waals surface area contributed by atoms with Crippen molar-refractivity contribution in [3.05, 3.63) is 6.04 Å². The van der Waals surface area contributed by atoms with Crippen LogP contribution in [0.1, 0.15) is 25.7 Å². The molecule has 0 aromatic rings. The van der Waals surface area contributed by atoms with Crippen LogP contribution in [0.3, 0.4) is 0 Å². The van der Waals surface area contributed by atoms with Crippen molar-refractivity contribution in [1.82, 2.24) is 0 Å². The van der Waals surface area contributed by atoms with E-state index in [4.69, 9.17) is 29.0 Å². The monoisotopic (exact) mass is 423 g/mol. The molecule has 0 spiro atoms. The summed E-state index contributed by atoms with van der Waals surface area (Å²) in [5.74, 6) is 0. The van der Waals surface area contributed by atoms with Crippen molar-refractivity contribution in [1.29, 1.82) is 0 Å². The van der Waals surface area contributed by atoms with Crippen molar-refractivity contribution in [2.45, 2.75) is 31.7 Å². The van der Waals surface area contributed by atoms with Crippen molar-refractivity contribution in [2.75, 3.05) is 0 Å². The van der Waals surface area contributed by atoms with Crippen LogP contribution in [0.4, 0.5) is 0 Å². The van der Waals surface area contributed by atoms with Gasteiger partial charge in [-0.1, -0.05) is 0 Å². The Morgan fingerprint density at radius 1 is 1.33 bits per heavy atom. The molecule has 1 fully saturated rings. The third-order valence-corrected chi connectivity index (χ3v) is 1.67. The van der Waals surface area contributed by atoms with Gasteiger partial charge in [-0.15, -0.1) is 0 Å². The molecule has 0 aliphatic heterocycles. The zero-order valence-electron chi connectivity index (χ0n) is 7.96. The van der Waals surface area contributed by atoms with Gasteiger partial charge in [-0.25, -0.2) is 8.42 Å². The molecule has 97 valence electrons. The molecule has 0 aromatic carbocycles. The maximum atomic E-state index is 8.63.